The van der Waals surface area contributed by atoms with Crippen LogP contribution in [0.15, 0.2) is 46.8 Å². The molecule has 1 aliphatic rings. The van der Waals surface area contributed by atoms with Gasteiger partial charge in [0, 0.05) is 12.5 Å². The van der Waals surface area contributed by atoms with Crippen LogP contribution in [-0.4, -0.2) is 35.8 Å². The van der Waals surface area contributed by atoms with Gasteiger partial charge in [-0.1, -0.05) is 17.8 Å². The number of hydrogen-bond acceptors (Lipinski definition) is 7. The Morgan fingerprint density at radius 2 is 2.07 bits per heavy atom. The van der Waals surface area contributed by atoms with Crippen LogP contribution in [0, 0.1) is 0 Å². The van der Waals surface area contributed by atoms with Crippen LogP contribution in [0.2, 0.25) is 0 Å². The van der Waals surface area contributed by atoms with Crippen LogP contribution in [0.3, 0.4) is 0 Å². The van der Waals surface area contributed by atoms with Crippen LogP contribution < -0.4 is 14.4 Å². The van der Waals surface area contributed by atoms with Crippen molar-refractivity contribution in [3.63, 3.8) is 0 Å². The first-order valence-electron chi connectivity index (χ1n) is 8.80. The van der Waals surface area contributed by atoms with E-state index in [1.54, 1.807) is 31.4 Å². The Bertz CT molecular complexity index is 1050. The maximum absolute atomic E-state index is 12.9. The molecule has 3 aromatic rings. The Morgan fingerprint density at radius 1 is 1.21 bits per heavy atom. The molecule has 2 aromatic carbocycles. The van der Waals surface area contributed by atoms with Gasteiger partial charge in [-0.15, -0.1) is 11.3 Å². The number of carbonyl (C=O) groups is 2. The number of ether oxygens (including phenoxy) is 2. The quantitative estimate of drug-likeness (QED) is 0.565. The molecule has 0 spiro atoms. The SMILES string of the molecule is CCOc1ccc2nc(S[C@@H]3CC(=O)N(c4cccc(OC)c4)C3=O)sc2c1. The van der Waals surface area contributed by atoms with E-state index < -0.39 is 5.25 Å². The lowest BCUT2D eigenvalue weighted by Crippen LogP contribution is -2.31. The largest absolute Gasteiger partial charge is 0.497 e. The molecule has 0 aliphatic carbocycles. The van der Waals surface area contributed by atoms with Crippen molar-refractivity contribution in [2.75, 3.05) is 18.6 Å². The van der Waals surface area contributed by atoms with Gasteiger partial charge >= 0.3 is 0 Å². The molecule has 1 aromatic heterocycles. The summed E-state index contributed by atoms with van der Waals surface area (Å²) in [6.45, 7) is 2.54. The highest BCUT2D eigenvalue weighted by atomic mass is 32.2. The Hall–Kier alpha value is -2.58. The van der Waals surface area contributed by atoms with Crippen molar-refractivity contribution in [2.24, 2.45) is 0 Å². The predicted molar refractivity (Wildman–Crippen MR) is 111 cm³/mol. The van der Waals surface area contributed by atoms with Crippen molar-refractivity contribution in [3.8, 4) is 11.5 Å². The van der Waals surface area contributed by atoms with Crippen molar-refractivity contribution in [1.82, 2.24) is 4.98 Å². The van der Waals surface area contributed by atoms with Gasteiger partial charge < -0.3 is 9.47 Å². The van der Waals surface area contributed by atoms with Gasteiger partial charge in [0.1, 0.15) is 16.7 Å². The predicted octanol–water partition coefficient (Wildman–Crippen LogP) is 4.13. The zero-order valence-corrected chi connectivity index (χ0v) is 17.0. The normalized spacial score (nSPS) is 16.8. The second-order valence-corrected chi connectivity index (χ2v) is 8.60. The number of imide groups is 1. The third kappa shape index (κ3) is 3.57. The van der Waals surface area contributed by atoms with Crippen LogP contribution in [0.4, 0.5) is 5.69 Å². The number of aromatic nitrogens is 1. The van der Waals surface area contributed by atoms with Gasteiger partial charge in [-0.2, -0.15) is 0 Å². The molecule has 6 nitrogen and oxygen atoms in total. The fourth-order valence-electron chi connectivity index (χ4n) is 3.03. The summed E-state index contributed by atoms with van der Waals surface area (Å²) in [5, 5.41) is -0.481. The van der Waals surface area contributed by atoms with E-state index in [9.17, 15) is 9.59 Å². The molecule has 1 fully saturated rings. The summed E-state index contributed by atoms with van der Waals surface area (Å²) in [6.07, 6.45) is 0.154. The topological polar surface area (TPSA) is 68.7 Å². The van der Waals surface area contributed by atoms with E-state index >= 15 is 0 Å². The molecule has 1 aliphatic heterocycles. The molecule has 1 atom stereocenters. The van der Waals surface area contributed by atoms with Gasteiger partial charge in [-0.3, -0.25) is 9.59 Å². The van der Waals surface area contributed by atoms with Crippen LogP contribution in [-0.2, 0) is 9.59 Å². The number of benzene rings is 2. The van der Waals surface area contributed by atoms with E-state index in [2.05, 4.69) is 4.98 Å². The molecule has 0 N–H and O–H groups in total. The summed E-state index contributed by atoms with van der Waals surface area (Å²) in [5.41, 5.74) is 1.39. The maximum atomic E-state index is 12.9. The van der Waals surface area contributed by atoms with Gasteiger partial charge in [-0.05, 0) is 37.3 Å². The van der Waals surface area contributed by atoms with E-state index in [0.717, 1.165) is 20.3 Å². The highest BCUT2D eigenvalue weighted by Crippen LogP contribution is 2.38. The van der Waals surface area contributed by atoms with Gasteiger partial charge in [0.15, 0.2) is 4.34 Å². The smallest absolute Gasteiger partial charge is 0.247 e. The molecule has 0 radical (unpaired) electrons. The van der Waals surface area contributed by atoms with Crippen LogP contribution >= 0.6 is 23.1 Å². The van der Waals surface area contributed by atoms with Crippen molar-refractivity contribution >= 4 is 50.8 Å². The highest BCUT2D eigenvalue weighted by molar-refractivity contribution is 8.02. The second-order valence-electron chi connectivity index (χ2n) is 6.12. The number of amides is 2. The average molecular weight is 415 g/mol. The molecule has 28 heavy (non-hydrogen) atoms. The molecular formula is C20H18N2O4S2. The van der Waals surface area contributed by atoms with E-state index in [-0.39, 0.29) is 18.2 Å². The average Bonchev–Trinajstić information content (AvgIpc) is 3.21. The number of thioether (sulfide) groups is 1. The van der Waals surface area contributed by atoms with Crippen molar-refractivity contribution in [2.45, 2.75) is 22.9 Å². The number of nitrogens with zero attached hydrogens (tertiary/aromatic N) is 2. The Labute approximate surface area is 170 Å². The summed E-state index contributed by atoms with van der Waals surface area (Å²) < 4.78 is 12.5. The number of hydrogen-bond donors (Lipinski definition) is 0. The molecule has 0 bridgehead atoms. The minimum Gasteiger partial charge on any atom is -0.497 e. The first-order chi connectivity index (χ1) is 13.6. The van der Waals surface area contributed by atoms with E-state index in [1.165, 1.54) is 28.0 Å². The minimum atomic E-state index is -0.481. The Kier molecular flexibility index (Phi) is 5.23. The van der Waals surface area contributed by atoms with E-state index in [4.69, 9.17) is 9.47 Å². The first-order valence-corrected chi connectivity index (χ1v) is 10.5. The van der Waals surface area contributed by atoms with Gasteiger partial charge in [0.05, 0.1) is 29.6 Å². The van der Waals surface area contributed by atoms with Gasteiger partial charge in [0.2, 0.25) is 11.8 Å². The molecule has 0 unspecified atom stereocenters. The molecule has 2 amide bonds. The Morgan fingerprint density at radius 3 is 2.86 bits per heavy atom. The fourth-order valence-corrected chi connectivity index (χ4v) is 5.39. The molecule has 8 heteroatoms. The van der Waals surface area contributed by atoms with E-state index in [1.807, 2.05) is 25.1 Å². The van der Waals surface area contributed by atoms with Crippen LogP contribution in [0.1, 0.15) is 13.3 Å². The lowest BCUT2D eigenvalue weighted by molar-refractivity contribution is -0.121. The van der Waals surface area contributed by atoms with Crippen LogP contribution in [0.5, 0.6) is 11.5 Å². The summed E-state index contributed by atoms with van der Waals surface area (Å²) in [6, 6.07) is 12.7. The number of thiazole rings is 1. The molecule has 1 saturated heterocycles. The summed E-state index contributed by atoms with van der Waals surface area (Å²) >= 11 is 2.84. The number of carbonyl (C=O) groups excluding carboxylic acids is 2. The first kappa shape index (κ1) is 18.8. The van der Waals surface area contributed by atoms with Gasteiger partial charge in [-0.25, -0.2) is 9.88 Å². The zero-order chi connectivity index (χ0) is 19.7. The highest BCUT2D eigenvalue weighted by Gasteiger charge is 2.40. The fraction of sp³-hybridized carbons (Fsp3) is 0.250. The molecule has 4 rings (SSSR count). The third-order valence-electron chi connectivity index (χ3n) is 4.31. The standard InChI is InChI=1S/C20H18N2O4S2/c1-3-26-14-7-8-15-16(10-14)27-20(21-15)28-17-11-18(23)22(19(17)24)12-5-4-6-13(9-12)25-2/h4-10,17H,3,11H2,1-2H3/t17-/m1/s1. The lowest BCUT2D eigenvalue weighted by Gasteiger charge is -2.15. The van der Waals surface area contributed by atoms with Crippen LogP contribution in [0.25, 0.3) is 10.2 Å². The molecule has 2 heterocycles. The number of rotatable bonds is 6. The maximum Gasteiger partial charge on any atom is 0.247 e. The van der Waals surface area contributed by atoms with Crippen molar-refractivity contribution in [3.05, 3.63) is 42.5 Å². The summed E-state index contributed by atoms with van der Waals surface area (Å²) in [5.74, 6) is 0.963. The second kappa shape index (κ2) is 7.81. The third-order valence-corrected chi connectivity index (χ3v) is 6.61. The van der Waals surface area contributed by atoms with Crippen molar-refractivity contribution in [1.29, 1.82) is 0 Å². The molecule has 0 saturated carbocycles. The zero-order valence-electron chi connectivity index (χ0n) is 15.4. The molecule has 144 valence electrons. The summed E-state index contributed by atoms with van der Waals surface area (Å²) in [7, 11) is 1.55. The lowest BCUT2D eigenvalue weighted by atomic mass is 10.3. The Balaban J connectivity index is 1.54. The van der Waals surface area contributed by atoms with Gasteiger partial charge in [0.25, 0.3) is 0 Å². The van der Waals surface area contributed by atoms with E-state index in [0.29, 0.717) is 18.0 Å². The number of anilines is 1. The number of fused-ring (bicyclic) bond motifs is 1. The molecular weight excluding hydrogens is 396 g/mol. The minimum absolute atomic E-state index is 0.154. The number of methoxy groups -OCH3 is 1. The summed E-state index contributed by atoms with van der Waals surface area (Å²) in [4.78, 5) is 31.2. The monoisotopic (exact) mass is 414 g/mol. The van der Waals surface area contributed by atoms with Crippen molar-refractivity contribution < 1.29 is 19.1 Å².